The number of alkyl halides is 3. The Bertz CT molecular complexity index is 1590. The van der Waals surface area contributed by atoms with E-state index in [-0.39, 0.29) is 17.9 Å². The highest BCUT2D eigenvalue weighted by atomic mass is 32.2. The van der Waals surface area contributed by atoms with Gasteiger partial charge in [0.15, 0.2) is 0 Å². The van der Waals surface area contributed by atoms with Crippen molar-refractivity contribution in [1.82, 2.24) is 14.1 Å². The summed E-state index contributed by atoms with van der Waals surface area (Å²) < 4.78 is 64.0. The molecule has 4 rings (SSSR count). The lowest BCUT2D eigenvalue weighted by Gasteiger charge is -2.19. The monoisotopic (exact) mass is 506 g/mol. The van der Waals surface area contributed by atoms with Gasteiger partial charge in [-0.1, -0.05) is 18.2 Å². The number of hydrogen-bond donors (Lipinski definition) is 1. The van der Waals surface area contributed by atoms with Crippen molar-refractivity contribution < 1.29 is 26.7 Å². The Morgan fingerprint density at radius 3 is 2.29 bits per heavy atom. The molecule has 2 aromatic carbocycles. The number of rotatable bonds is 5. The van der Waals surface area contributed by atoms with Crippen LogP contribution >= 0.6 is 0 Å². The van der Waals surface area contributed by atoms with Gasteiger partial charge in [-0.3, -0.25) is 9.55 Å². The van der Waals surface area contributed by atoms with Crippen LogP contribution < -0.4 is 10.6 Å². The molecule has 0 amide bonds. The summed E-state index contributed by atoms with van der Waals surface area (Å²) >= 11 is 0. The van der Waals surface area contributed by atoms with Crippen molar-refractivity contribution in [1.29, 1.82) is 0 Å². The van der Waals surface area contributed by atoms with Gasteiger partial charge < -0.3 is 10.0 Å². The van der Waals surface area contributed by atoms with Crippen LogP contribution in [0.4, 0.5) is 18.9 Å². The van der Waals surface area contributed by atoms with E-state index in [0.29, 0.717) is 0 Å². The van der Waals surface area contributed by atoms with Gasteiger partial charge in [0.1, 0.15) is 0 Å². The van der Waals surface area contributed by atoms with Gasteiger partial charge in [0, 0.05) is 25.0 Å². The second-order valence-electron chi connectivity index (χ2n) is 8.09. The zero-order chi connectivity index (χ0) is 25.7. The average Bonchev–Trinajstić information content (AvgIpc) is 3.01. The van der Waals surface area contributed by atoms with Crippen molar-refractivity contribution in [3.8, 4) is 11.6 Å². The lowest BCUT2D eigenvalue weighted by Crippen LogP contribution is -2.26. The van der Waals surface area contributed by atoms with Crippen LogP contribution in [0.25, 0.3) is 16.6 Å². The third-order valence-corrected chi connectivity index (χ3v) is 7.24. The fourth-order valence-electron chi connectivity index (χ4n) is 3.86. The number of anilines is 1. The third kappa shape index (κ3) is 4.03. The quantitative estimate of drug-likeness (QED) is 0.444. The van der Waals surface area contributed by atoms with E-state index in [2.05, 4.69) is 4.98 Å². The number of imidazole rings is 1. The Kier molecular flexibility index (Phi) is 5.87. The minimum Gasteiger partial charge on any atom is -0.493 e. The molecular weight excluding hydrogens is 485 g/mol. The highest BCUT2D eigenvalue weighted by Crippen LogP contribution is 2.32. The number of halogens is 3. The minimum absolute atomic E-state index is 0.0166. The van der Waals surface area contributed by atoms with Crippen molar-refractivity contribution in [3.05, 3.63) is 76.5 Å². The summed E-state index contributed by atoms with van der Waals surface area (Å²) in [5, 5.41) is 11.5. The first-order chi connectivity index (χ1) is 16.3. The average molecular weight is 507 g/mol. The van der Waals surface area contributed by atoms with Crippen LogP contribution in [0.3, 0.4) is 0 Å². The zero-order valence-corrected chi connectivity index (χ0v) is 19.7. The molecule has 8 nitrogen and oxygen atoms in total. The normalized spacial score (nSPS) is 12.3. The number of pyridine rings is 1. The van der Waals surface area contributed by atoms with Gasteiger partial charge in [-0.05, 0) is 37.3 Å². The molecule has 0 saturated heterocycles. The molecule has 35 heavy (non-hydrogen) atoms. The molecule has 0 radical (unpaired) electrons. The standard InChI is InChI=1S/C23H21F3N4O4S/c1-14-21(31)30(15-8-10-16(11-9-15)35(33,34)23(24,25)26)22(32)29(14)13-18-17-6-4-5-7-19(17)27-12-20(18)28(2)3/h4-12,31H,13H2,1-3H3. The van der Waals surface area contributed by atoms with E-state index in [0.717, 1.165) is 51.0 Å². The molecule has 1 N–H and O–H groups in total. The van der Waals surface area contributed by atoms with Crippen molar-refractivity contribution in [2.75, 3.05) is 19.0 Å². The molecule has 0 fully saturated rings. The molecule has 2 aromatic heterocycles. The van der Waals surface area contributed by atoms with E-state index in [9.17, 15) is 31.5 Å². The Balaban J connectivity index is 1.82. The van der Waals surface area contributed by atoms with E-state index < -0.39 is 31.8 Å². The molecule has 0 aliphatic heterocycles. The van der Waals surface area contributed by atoms with Gasteiger partial charge in [0.25, 0.3) is 9.84 Å². The molecule has 0 aliphatic carbocycles. The molecule has 12 heteroatoms. The number of aromatic nitrogens is 3. The van der Waals surface area contributed by atoms with Gasteiger partial charge in [-0.2, -0.15) is 13.2 Å². The Morgan fingerprint density at radius 2 is 1.69 bits per heavy atom. The summed E-state index contributed by atoms with van der Waals surface area (Å²) in [6.07, 6.45) is 1.69. The molecule has 0 atom stereocenters. The molecule has 184 valence electrons. The molecule has 4 aromatic rings. The summed E-state index contributed by atoms with van der Waals surface area (Å²) in [7, 11) is -1.86. The molecule has 0 unspecified atom stereocenters. The van der Waals surface area contributed by atoms with Crippen molar-refractivity contribution in [2.45, 2.75) is 23.9 Å². The molecule has 0 aliphatic rings. The van der Waals surface area contributed by atoms with Crippen LogP contribution in [0.15, 0.2) is 64.4 Å². The second kappa shape index (κ2) is 8.45. The first-order valence-corrected chi connectivity index (χ1v) is 11.8. The predicted molar refractivity (Wildman–Crippen MR) is 125 cm³/mol. The third-order valence-electron chi connectivity index (χ3n) is 5.73. The smallest absolute Gasteiger partial charge is 0.493 e. The number of nitrogens with zero attached hydrogens (tertiary/aromatic N) is 4. The van der Waals surface area contributed by atoms with Crippen LogP contribution in [0, 0.1) is 6.92 Å². The summed E-state index contributed by atoms with van der Waals surface area (Å²) in [6, 6.07) is 11.0. The van der Waals surface area contributed by atoms with Gasteiger partial charge in [0.2, 0.25) is 5.88 Å². The highest BCUT2D eigenvalue weighted by Gasteiger charge is 2.46. The molecule has 0 bridgehead atoms. The van der Waals surface area contributed by atoms with Crippen molar-refractivity contribution >= 4 is 26.4 Å². The number of hydrogen-bond acceptors (Lipinski definition) is 6. The molecular formula is C23H21F3N4O4S. The second-order valence-corrected chi connectivity index (χ2v) is 10.0. The number of aromatic hydroxyl groups is 1. The van der Waals surface area contributed by atoms with E-state index in [4.69, 9.17) is 0 Å². The van der Waals surface area contributed by atoms with E-state index in [1.165, 1.54) is 11.5 Å². The maximum atomic E-state index is 13.3. The first kappa shape index (κ1) is 24.3. The molecule has 0 spiro atoms. The number of fused-ring (bicyclic) bond motifs is 1. The summed E-state index contributed by atoms with van der Waals surface area (Å²) in [5.74, 6) is -0.411. The van der Waals surface area contributed by atoms with Crippen LogP contribution in [0.5, 0.6) is 5.88 Å². The van der Waals surface area contributed by atoms with E-state index in [1.54, 1.807) is 6.20 Å². The van der Waals surface area contributed by atoms with Gasteiger partial charge in [-0.25, -0.2) is 17.8 Å². The Labute approximate surface area is 198 Å². The van der Waals surface area contributed by atoms with Crippen molar-refractivity contribution in [2.24, 2.45) is 0 Å². The summed E-state index contributed by atoms with van der Waals surface area (Å²) in [4.78, 5) is 18.7. The number of sulfone groups is 1. The fourth-order valence-corrected chi connectivity index (χ4v) is 4.62. The lowest BCUT2D eigenvalue weighted by molar-refractivity contribution is -0.0436. The lowest BCUT2D eigenvalue weighted by atomic mass is 10.1. The van der Waals surface area contributed by atoms with Gasteiger partial charge in [-0.15, -0.1) is 0 Å². The predicted octanol–water partition coefficient (Wildman–Crippen LogP) is 3.61. The maximum Gasteiger partial charge on any atom is 0.501 e. The van der Waals surface area contributed by atoms with Gasteiger partial charge >= 0.3 is 11.2 Å². The Hall–Kier alpha value is -3.80. The summed E-state index contributed by atoms with van der Waals surface area (Å²) in [5.41, 5.74) is -3.57. The Morgan fingerprint density at radius 1 is 1.06 bits per heavy atom. The SMILES string of the molecule is Cc1c(O)n(-c2ccc(S(=O)(=O)C(F)(F)F)cc2)c(=O)n1Cc1c(N(C)C)cnc2ccccc12. The summed E-state index contributed by atoms with van der Waals surface area (Å²) in [6.45, 7) is 1.62. The largest absolute Gasteiger partial charge is 0.501 e. The first-order valence-electron chi connectivity index (χ1n) is 10.3. The van der Waals surface area contributed by atoms with Gasteiger partial charge in [0.05, 0.1) is 40.2 Å². The molecule has 2 heterocycles. The van der Waals surface area contributed by atoms with Crippen molar-refractivity contribution in [3.63, 3.8) is 0 Å². The highest BCUT2D eigenvalue weighted by molar-refractivity contribution is 7.92. The fraction of sp³-hybridized carbons (Fsp3) is 0.217. The van der Waals surface area contributed by atoms with Crippen LogP contribution in [-0.4, -0.2) is 47.2 Å². The van der Waals surface area contributed by atoms with E-state index >= 15 is 0 Å². The topological polar surface area (TPSA) is 97.4 Å². The minimum atomic E-state index is -5.54. The maximum absolute atomic E-state index is 13.3. The van der Waals surface area contributed by atoms with Crippen LogP contribution in [-0.2, 0) is 16.4 Å². The number of benzene rings is 2. The van der Waals surface area contributed by atoms with Crippen LogP contribution in [0.1, 0.15) is 11.3 Å². The zero-order valence-electron chi connectivity index (χ0n) is 18.9. The van der Waals surface area contributed by atoms with E-state index in [1.807, 2.05) is 43.3 Å². The number of para-hydroxylation sites is 1. The van der Waals surface area contributed by atoms with Crippen LogP contribution in [0.2, 0.25) is 0 Å². The molecule has 0 saturated carbocycles.